The van der Waals surface area contributed by atoms with Gasteiger partial charge in [-0.2, -0.15) is 0 Å². The van der Waals surface area contributed by atoms with E-state index >= 15 is 0 Å². The first-order chi connectivity index (χ1) is 16.1. The van der Waals surface area contributed by atoms with Gasteiger partial charge in [-0.05, 0) is 18.1 Å². The molecule has 0 unspecified atom stereocenters. The van der Waals surface area contributed by atoms with Crippen molar-refractivity contribution in [2.24, 2.45) is 5.92 Å². The number of hydrogen-bond donors (Lipinski definition) is 0. The van der Waals surface area contributed by atoms with Crippen LogP contribution in [0.15, 0.2) is 72.8 Å². The Morgan fingerprint density at radius 2 is 1.27 bits per heavy atom. The molecule has 33 heavy (non-hydrogen) atoms. The third-order valence-corrected chi connectivity index (χ3v) is 5.53. The van der Waals surface area contributed by atoms with E-state index in [2.05, 4.69) is 54.8 Å². The molecule has 0 aliphatic carbocycles. The summed E-state index contributed by atoms with van der Waals surface area (Å²) in [7, 11) is 4.87. The van der Waals surface area contributed by atoms with Crippen molar-refractivity contribution in [3.8, 4) is 51.2 Å². The molecule has 4 aromatic rings. The van der Waals surface area contributed by atoms with Gasteiger partial charge in [0.1, 0.15) is 5.82 Å². The molecule has 170 valence electrons. The Labute approximate surface area is 195 Å². The molecule has 0 spiro atoms. The molecule has 4 rings (SSSR count). The molecule has 0 saturated heterocycles. The maximum Gasteiger partial charge on any atom is 0.203 e. The Bertz CT molecular complexity index is 1190. The normalized spacial score (nSPS) is 11.0. The fourth-order valence-corrected chi connectivity index (χ4v) is 4.11. The highest BCUT2D eigenvalue weighted by molar-refractivity contribution is 5.83. The van der Waals surface area contributed by atoms with Crippen LogP contribution in [0.1, 0.15) is 13.8 Å². The van der Waals surface area contributed by atoms with Gasteiger partial charge in [0.25, 0.3) is 0 Å². The Hall–Kier alpha value is -3.73. The van der Waals surface area contributed by atoms with Crippen LogP contribution >= 0.6 is 0 Å². The van der Waals surface area contributed by atoms with E-state index < -0.39 is 0 Å². The zero-order valence-electron chi connectivity index (χ0n) is 19.8. The van der Waals surface area contributed by atoms with Gasteiger partial charge in [0, 0.05) is 23.2 Å². The number of ether oxygens (including phenoxy) is 3. The molecule has 1 heterocycles. The Balaban J connectivity index is 2.05. The molecule has 0 amide bonds. The number of rotatable bonds is 8. The average molecular weight is 443 g/mol. The fraction of sp³-hybridized carbons (Fsp3) is 0.250. The van der Waals surface area contributed by atoms with Crippen molar-refractivity contribution in [1.82, 2.24) is 9.55 Å². The number of aromatic nitrogens is 2. The first kappa shape index (κ1) is 22.5. The second-order valence-corrected chi connectivity index (χ2v) is 8.28. The van der Waals surface area contributed by atoms with Gasteiger partial charge >= 0.3 is 0 Å². The molecule has 5 heteroatoms. The smallest absolute Gasteiger partial charge is 0.203 e. The monoisotopic (exact) mass is 442 g/mol. The van der Waals surface area contributed by atoms with Crippen LogP contribution in [-0.4, -0.2) is 30.9 Å². The number of benzene rings is 3. The van der Waals surface area contributed by atoms with E-state index in [-0.39, 0.29) is 0 Å². The third kappa shape index (κ3) is 4.44. The van der Waals surface area contributed by atoms with Crippen molar-refractivity contribution < 1.29 is 14.2 Å². The molecule has 1 aromatic heterocycles. The highest BCUT2D eigenvalue weighted by Crippen LogP contribution is 2.43. The minimum Gasteiger partial charge on any atom is -0.493 e. The van der Waals surface area contributed by atoms with Crippen LogP contribution in [0.4, 0.5) is 0 Å². The van der Waals surface area contributed by atoms with Crippen LogP contribution in [0.25, 0.3) is 33.9 Å². The predicted molar refractivity (Wildman–Crippen MR) is 133 cm³/mol. The van der Waals surface area contributed by atoms with Gasteiger partial charge < -0.3 is 18.8 Å². The minimum atomic E-state index is 0.422. The molecular formula is C28H30N2O3. The van der Waals surface area contributed by atoms with Crippen molar-refractivity contribution >= 4 is 0 Å². The van der Waals surface area contributed by atoms with Crippen molar-refractivity contribution in [3.63, 3.8) is 0 Å². The highest BCUT2D eigenvalue weighted by Gasteiger charge is 2.24. The molecule has 0 saturated carbocycles. The van der Waals surface area contributed by atoms with Crippen LogP contribution in [-0.2, 0) is 6.54 Å². The van der Waals surface area contributed by atoms with Gasteiger partial charge in [-0.25, -0.2) is 4.98 Å². The number of hydrogen-bond acceptors (Lipinski definition) is 4. The van der Waals surface area contributed by atoms with Crippen molar-refractivity contribution in [2.75, 3.05) is 21.3 Å². The first-order valence-corrected chi connectivity index (χ1v) is 11.1. The number of methoxy groups -OCH3 is 3. The fourth-order valence-electron chi connectivity index (χ4n) is 4.11. The average Bonchev–Trinajstić information content (AvgIpc) is 3.22. The standard InChI is InChI=1S/C28H30N2O3/c1-19(2)18-30-26(21-14-10-7-11-15-21)25(20-12-8-6-9-13-20)29-28(30)22-16-23(31-3)27(33-5)24(17-22)32-4/h6-17,19H,18H2,1-5H3. The second kappa shape index (κ2) is 9.82. The van der Waals surface area contributed by atoms with E-state index in [1.165, 1.54) is 0 Å². The van der Waals surface area contributed by atoms with Gasteiger partial charge in [-0.3, -0.25) is 0 Å². The predicted octanol–water partition coefficient (Wildman–Crippen LogP) is 6.57. The van der Waals surface area contributed by atoms with E-state index in [1.54, 1.807) is 21.3 Å². The zero-order chi connectivity index (χ0) is 23.4. The largest absolute Gasteiger partial charge is 0.493 e. The molecule has 0 radical (unpaired) electrons. The summed E-state index contributed by atoms with van der Waals surface area (Å²) < 4.78 is 19.1. The van der Waals surface area contributed by atoms with Crippen molar-refractivity contribution in [3.05, 3.63) is 72.8 Å². The van der Waals surface area contributed by atoms with Crippen LogP contribution in [0.5, 0.6) is 17.2 Å². The summed E-state index contributed by atoms with van der Waals surface area (Å²) in [5, 5.41) is 0. The lowest BCUT2D eigenvalue weighted by atomic mass is 10.0. The molecule has 3 aromatic carbocycles. The van der Waals surface area contributed by atoms with Crippen LogP contribution in [0.2, 0.25) is 0 Å². The lowest BCUT2D eigenvalue weighted by molar-refractivity contribution is 0.324. The topological polar surface area (TPSA) is 45.5 Å². The van der Waals surface area contributed by atoms with Crippen molar-refractivity contribution in [2.45, 2.75) is 20.4 Å². The summed E-state index contributed by atoms with van der Waals surface area (Å²) in [5.41, 5.74) is 5.16. The summed E-state index contributed by atoms with van der Waals surface area (Å²) >= 11 is 0. The molecule has 0 N–H and O–H groups in total. The molecular weight excluding hydrogens is 412 g/mol. The van der Waals surface area contributed by atoms with E-state index in [9.17, 15) is 0 Å². The Morgan fingerprint density at radius 1 is 0.727 bits per heavy atom. The quantitative estimate of drug-likeness (QED) is 0.310. The molecule has 0 bridgehead atoms. The van der Waals surface area contributed by atoms with Gasteiger partial charge in [0.15, 0.2) is 11.5 Å². The summed E-state index contributed by atoms with van der Waals surface area (Å²) in [6.07, 6.45) is 0. The summed E-state index contributed by atoms with van der Waals surface area (Å²) in [5.74, 6) is 3.06. The molecule has 0 aliphatic heterocycles. The summed E-state index contributed by atoms with van der Waals surface area (Å²) in [6.45, 7) is 5.25. The molecule has 0 aliphatic rings. The zero-order valence-corrected chi connectivity index (χ0v) is 19.8. The molecule has 5 nitrogen and oxygen atoms in total. The van der Waals surface area contributed by atoms with E-state index in [0.29, 0.717) is 23.2 Å². The maximum atomic E-state index is 5.63. The third-order valence-electron chi connectivity index (χ3n) is 5.53. The van der Waals surface area contributed by atoms with E-state index in [1.807, 2.05) is 36.4 Å². The minimum absolute atomic E-state index is 0.422. The highest BCUT2D eigenvalue weighted by atomic mass is 16.5. The van der Waals surface area contributed by atoms with Gasteiger partial charge in [0.2, 0.25) is 5.75 Å². The van der Waals surface area contributed by atoms with Crippen LogP contribution < -0.4 is 14.2 Å². The number of imidazole rings is 1. The van der Waals surface area contributed by atoms with Crippen LogP contribution in [0, 0.1) is 5.92 Å². The summed E-state index contributed by atoms with van der Waals surface area (Å²) in [4.78, 5) is 5.20. The molecule has 0 fully saturated rings. The van der Waals surface area contributed by atoms with Gasteiger partial charge in [0.05, 0.1) is 32.7 Å². The first-order valence-electron chi connectivity index (χ1n) is 11.1. The van der Waals surface area contributed by atoms with Gasteiger partial charge in [-0.1, -0.05) is 74.5 Å². The number of nitrogens with zero attached hydrogens (tertiary/aromatic N) is 2. The van der Waals surface area contributed by atoms with Crippen molar-refractivity contribution in [1.29, 1.82) is 0 Å². The second-order valence-electron chi connectivity index (χ2n) is 8.28. The van der Waals surface area contributed by atoms with E-state index in [4.69, 9.17) is 19.2 Å². The SMILES string of the molecule is COc1cc(-c2nc(-c3ccccc3)c(-c3ccccc3)n2CC(C)C)cc(OC)c1OC. The lowest BCUT2D eigenvalue weighted by Crippen LogP contribution is -2.08. The lowest BCUT2D eigenvalue weighted by Gasteiger charge is -2.17. The molecule has 0 atom stereocenters. The summed E-state index contributed by atoms with van der Waals surface area (Å²) in [6, 6.07) is 24.7. The van der Waals surface area contributed by atoms with Gasteiger partial charge in [-0.15, -0.1) is 0 Å². The maximum absolute atomic E-state index is 5.63. The van der Waals surface area contributed by atoms with E-state index in [0.717, 1.165) is 40.4 Å². The Kier molecular flexibility index (Phi) is 6.68. The van der Waals surface area contributed by atoms with Crippen LogP contribution in [0.3, 0.4) is 0 Å². The Morgan fingerprint density at radius 3 is 1.76 bits per heavy atom.